The Kier molecular flexibility index (Phi) is 6.81. The Bertz CT molecular complexity index is 1210. The summed E-state index contributed by atoms with van der Waals surface area (Å²) in [4.78, 5) is 17.3. The van der Waals surface area contributed by atoms with Crippen LogP contribution in [0, 0.1) is 16.0 Å². The molecule has 3 heterocycles. The fraction of sp³-hybridized carbons (Fsp3) is 0.400. The molecule has 37 heavy (non-hydrogen) atoms. The van der Waals surface area contributed by atoms with E-state index < -0.39 is 28.9 Å². The summed E-state index contributed by atoms with van der Waals surface area (Å²) < 4.78 is 56.5. The SMILES string of the molecule is O=[N+]([O-])[C@H]1[C@@H](COc2ccc(N3CCC(COc4ccc(C(F)(F)F)cc4)CC3)cc2)Oc2nccn21. The minimum Gasteiger partial charge on any atom is -0.493 e. The first-order valence-corrected chi connectivity index (χ1v) is 11.9. The van der Waals surface area contributed by atoms with Gasteiger partial charge in [0.1, 0.15) is 18.1 Å². The van der Waals surface area contributed by atoms with Gasteiger partial charge in [-0.3, -0.25) is 10.1 Å². The van der Waals surface area contributed by atoms with Crippen LogP contribution >= 0.6 is 0 Å². The molecule has 196 valence electrons. The van der Waals surface area contributed by atoms with Crippen molar-refractivity contribution in [2.75, 3.05) is 31.2 Å². The van der Waals surface area contributed by atoms with Gasteiger partial charge in [0, 0.05) is 31.2 Å². The lowest BCUT2D eigenvalue weighted by Gasteiger charge is -2.33. The third-order valence-corrected chi connectivity index (χ3v) is 6.62. The number of fused-ring (bicyclic) bond motifs is 1. The van der Waals surface area contributed by atoms with E-state index in [1.807, 2.05) is 24.3 Å². The van der Waals surface area contributed by atoms with Crippen molar-refractivity contribution in [1.82, 2.24) is 9.55 Å². The molecule has 3 aromatic rings. The summed E-state index contributed by atoms with van der Waals surface area (Å²) in [5, 5.41) is 11.5. The van der Waals surface area contributed by atoms with E-state index in [0.717, 1.165) is 43.8 Å². The molecule has 1 saturated heterocycles. The van der Waals surface area contributed by atoms with Crippen LogP contribution in [0.5, 0.6) is 17.5 Å². The molecular formula is C25H25F3N4O5. The third-order valence-electron chi connectivity index (χ3n) is 6.62. The molecule has 2 aromatic carbocycles. The Balaban J connectivity index is 1.07. The van der Waals surface area contributed by atoms with Crippen molar-refractivity contribution in [3.8, 4) is 17.5 Å². The van der Waals surface area contributed by atoms with Gasteiger partial charge >= 0.3 is 18.4 Å². The highest BCUT2D eigenvalue weighted by atomic mass is 19.4. The van der Waals surface area contributed by atoms with E-state index in [9.17, 15) is 23.3 Å². The first-order chi connectivity index (χ1) is 17.8. The van der Waals surface area contributed by atoms with Crippen molar-refractivity contribution in [3.05, 3.63) is 76.6 Å². The predicted octanol–water partition coefficient (Wildman–Crippen LogP) is 4.81. The molecule has 2 aliphatic rings. The number of piperidine rings is 1. The van der Waals surface area contributed by atoms with Crippen LogP contribution in [0.3, 0.4) is 0 Å². The highest BCUT2D eigenvalue weighted by molar-refractivity contribution is 5.49. The molecule has 0 N–H and O–H groups in total. The second kappa shape index (κ2) is 10.2. The normalized spacial score (nSPS) is 19.8. The van der Waals surface area contributed by atoms with Gasteiger partial charge in [-0.05, 0) is 67.3 Å². The molecule has 0 amide bonds. The van der Waals surface area contributed by atoms with Gasteiger partial charge in [-0.15, -0.1) is 0 Å². The van der Waals surface area contributed by atoms with Crippen LogP contribution in [0.15, 0.2) is 60.9 Å². The van der Waals surface area contributed by atoms with Gasteiger partial charge in [0.25, 0.3) is 0 Å². The zero-order chi connectivity index (χ0) is 26.0. The summed E-state index contributed by atoms with van der Waals surface area (Å²) in [5.41, 5.74) is 0.347. The van der Waals surface area contributed by atoms with Gasteiger partial charge in [-0.2, -0.15) is 13.2 Å². The third kappa shape index (κ3) is 5.57. The minimum absolute atomic E-state index is 0.0126. The van der Waals surface area contributed by atoms with E-state index in [1.54, 1.807) is 0 Å². The number of benzene rings is 2. The number of ether oxygens (including phenoxy) is 3. The molecule has 9 nitrogen and oxygen atoms in total. The number of nitro groups is 1. The average molecular weight is 518 g/mol. The average Bonchev–Trinajstić information content (AvgIpc) is 3.47. The molecule has 2 atom stereocenters. The van der Waals surface area contributed by atoms with Gasteiger partial charge < -0.3 is 19.1 Å². The van der Waals surface area contributed by atoms with Crippen molar-refractivity contribution in [2.24, 2.45) is 5.92 Å². The Morgan fingerprint density at radius 3 is 2.24 bits per heavy atom. The second-order valence-electron chi connectivity index (χ2n) is 9.04. The maximum absolute atomic E-state index is 12.7. The number of hydrogen-bond donors (Lipinski definition) is 0. The van der Waals surface area contributed by atoms with Crippen molar-refractivity contribution in [3.63, 3.8) is 0 Å². The minimum atomic E-state index is -4.36. The molecule has 0 aliphatic carbocycles. The highest BCUT2D eigenvalue weighted by Gasteiger charge is 2.44. The van der Waals surface area contributed by atoms with Gasteiger partial charge in [0.15, 0.2) is 0 Å². The molecular weight excluding hydrogens is 493 g/mol. The summed E-state index contributed by atoms with van der Waals surface area (Å²) in [6.07, 6.45) is -1.45. The number of hydrogen-bond acceptors (Lipinski definition) is 7. The fourth-order valence-electron chi connectivity index (χ4n) is 4.57. The zero-order valence-corrected chi connectivity index (χ0v) is 19.7. The van der Waals surface area contributed by atoms with Crippen LogP contribution in [0.1, 0.15) is 24.6 Å². The van der Waals surface area contributed by atoms with Crippen LogP contribution in [-0.2, 0) is 6.18 Å². The predicted molar refractivity (Wildman–Crippen MR) is 126 cm³/mol. The number of nitrogens with zero attached hydrogens (tertiary/aromatic N) is 4. The molecule has 0 bridgehead atoms. The summed E-state index contributed by atoms with van der Waals surface area (Å²) in [6, 6.07) is 12.5. The molecule has 5 rings (SSSR count). The second-order valence-corrected chi connectivity index (χ2v) is 9.04. The Morgan fingerprint density at radius 2 is 1.62 bits per heavy atom. The maximum Gasteiger partial charge on any atom is 0.416 e. The van der Waals surface area contributed by atoms with E-state index in [4.69, 9.17) is 14.2 Å². The van der Waals surface area contributed by atoms with Crippen molar-refractivity contribution in [2.45, 2.75) is 31.3 Å². The van der Waals surface area contributed by atoms with Gasteiger partial charge in [-0.25, -0.2) is 9.55 Å². The van der Waals surface area contributed by atoms with E-state index in [-0.39, 0.29) is 12.6 Å². The number of imidazole rings is 1. The molecule has 0 saturated carbocycles. The van der Waals surface area contributed by atoms with Crippen LogP contribution in [0.2, 0.25) is 0 Å². The van der Waals surface area contributed by atoms with Crippen LogP contribution in [-0.4, -0.2) is 46.9 Å². The van der Waals surface area contributed by atoms with Crippen LogP contribution in [0.25, 0.3) is 0 Å². The largest absolute Gasteiger partial charge is 0.493 e. The molecule has 1 aromatic heterocycles. The summed E-state index contributed by atoms with van der Waals surface area (Å²) in [6.45, 7) is 2.12. The summed E-state index contributed by atoms with van der Waals surface area (Å²) in [7, 11) is 0. The molecule has 0 radical (unpaired) electrons. The lowest BCUT2D eigenvalue weighted by molar-refractivity contribution is -0.553. The van der Waals surface area contributed by atoms with Crippen molar-refractivity contribution >= 4 is 5.69 Å². The van der Waals surface area contributed by atoms with Crippen molar-refractivity contribution in [1.29, 1.82) is 0 Å². The molecule has 1 fully saturated rings. The Morgan fingerprint density at radius 1 is 1.00 bits per heavy atom. The number of aromatic nitrogens is 2. The molecule has 2 aliphatic heterocycles. The zero-order valence-electron chi connectivity index (χ0n) is 19.7. The lowest BCUT2D eigenvalue weighted by atomic mass is 9.97. The highest BCUT2D eigenvalue weighted by Crippen LogP contribution is 2.32. The van der Waals surface area contributed by atoms with Crippen LogP contribution < -0.4 is 19.1 Å². The van der Waals surface area contributed by atoms with E-state index in [0.29, 0.717) is 24.0 Å². The van der Waals surface area contributed by atoms with Gasteiger partial charge in [0.2, 0.25) is 6.10 Å². The molecule has 0 spiro atoms. The first-order valence-electron chi connectivity index (χ1n) is 11.9. The smallest absolute Gasteiger partial charge is 0.416 e. The van der Waals surface area contributed by atoms with Crippen LogP contribution in [0.4, 0.5) is 18.9 Å². The monoisotopic (exact) mass is 518 g/mol. The number of alkyl halides is 3. The quantitative estimate of drug-likeness (QED) is 0.312. The number of halogens is 3. The topological polar surface area (TPSA) is 91.9 Å². The Labute approximate surface area is 210 Å². The fourth-order valence-corrected chi connectivity index (χ4v) is 4.57. The van der Waals surface area contributed by atoms with Gasteiger partial charge in [0.05, 0.1) is 17.1 Å². The summed E-state index contributed by atoms with van der Waals surface area (Å²) >= 11 is 0. The van der Waals surface area contributed by atoms with Crippen molar-refractivity contribution < 1.29 is 32.3 Å². The first kappa shape index (κ1) is 24.7. The summed E-state index contributed by atoms with van der Waals surface area (Å²) in [5.74, 6) is 1.33. The molecule has 0 unspecified atom stereocenters. The Hall–Kier alpha value is -3.96. The van der Waals surface area contributed by atoms with E-state index >= 15 is 0 Å². The standard InChI is InChI=1S/C25H25F3N4O5/c26-25(27,28)18-1-5-20(6-2-18)35-15-17-9-12-30(13-10-17)19-3-7-21(8-4-19)36-16-22-23(32(33)34)31-14-11-29-24(31)37-22/h1-8,11,14,17,22-23H,9-10,12-13,15-16H2/t22-,23+/m1/s1. The van der Waals surface area contributed by atoms with Gasteiger partial charge in [-0.1, -0.05) is 0 Å². The maximum atomic E-state index is 12.7. The lowest BCUT2D eigenvalue weighted by Crippen LogP contribution is -2.35. The molecule has 12 heteroatoms. The number of anilines is 1. The van der Waals surface area contributed by atoms with E-state index in [1.165, 1.54) is 29.1 Å². The van der Waals surface area contributed by atoms with E-state index in [2.05, 4.69) is 9.88 Å². The number of rotatable bonds is 8.